The number of hydrogen-bond donors (Lipinski definition) is 1. The minimum absolute atomic E-state index is 0.273. The van der Waals surface area contributed by atoms with Crippen LogP contribution in [-0.2, 0) is 0 Å². The van der Waals surface area contributed by atoms with Crippen molar-refractivity contribution in [2.24, 2.45) is 4.99 Å². The first-order valence-electron chi connectivity index (χ1n) is 7.79. The summed E-state index contributed by atoms with van der Waals surface area (Å²) < 4.78 is 16.3. The molecule has 23 heavy (non-hydrogen) atoms. The van der Waals surface area contributed by atoms with E-state index >= 15 is 0 Å². The van der Waals surface area contributed by atoms with Gasteiger partial charge in [0.05, 0.1) is 6.54 Å². The highest BCUT2D eigenvalue weighted by atomic mass is 16.7. The molecule has 0 amide bonds. The third-order valence-electron chi connectivity index (χ3n) is 3.47. The molecule has 0 saturated heterocycles. The van der Waals surface area contributed by atoms with Gasteiger partial charge in [0.25, 0.3) is 0 Å². The van der Waals surface area contributed by atoms with E-state index in [-0.39, 0.29) is 6.79 Å². The summed E-state index contributed by atoms with van der Waals surface area (Å²) in [5, 5.41) is 3.29. The lowest BCUT2D eigenvalue weighted by atomic mass is 10.3. The van der Waals surface area contributed by atoms with E-state index in [0.29, 0.717) is 13.2 Å². The predicted octanol–water partition coefficient (Wildman–Crippen LogP) is 2.27. The predicted molar refractivity (Wildman–Crippen MR) is 91.5 cm³/mol. The number of nitrogens with zero attached hydrogens (tertiary/aromatic N) is 2. The molecule has 2 rings (SSSR count). The maximum absolute atomic E-state index is 5.72. The molecule has 0 aliphatic carbocycles. The first kappa shape index (κ1) is 17.0. The van der Waals surface area contributed by atoms with Gasteiger partial charge in [-0.3, -0.25) is 4.99 Å². The van der Waals surface area contributed by atoms with Crippen molar-refractivity contribution < 1.29 is 14.2 Å². The average molecular weight is 319 g/mol. The Morgan fingerprint density at radius 2 is 2.26 bits per heavy atom. The molecule has 0 bridgehead atoms. The molecule has 1 aromatic rings. The molecule has 0 spiro atoms. The van der Waals surface area contributed by atoms with Crippen molar-refractivity contribution in [1.82, 2.24) is 10.2 Å². The molecule has 0 saturated carbocycles. The van der Waals surface area contributed by atoms with E-state index in [2.05, 4.69) is 21.8 Å². The first-order valence-corrected chi connectivity index (χ1v) is 7.79. The van der Waals surface area contributed by atoms with Gasteiger partial charge in [-0.2, -0.15) is 0 Å². The molecule has 1 aliphatic rings. The molecule has 0 radical (unpaired) electrons. The lowest BCUT2D eigenvalue weighted by Crippen LogP contribution is -2.41. The highest BCUT2D eigenvalue weighted by Crippen LogP contribution is 2.34. The molecule has 1 N–H and O–H groups in total. The van der Waals surface area contributed by atoms with Crippen LogP contribution in [0.1, 0.15) is 12.8 Å². The van der Waals surface area contributed by atoms with Gasteiger partial charge >= 0.3 is 0 Å². The van der Waals surface area contributed by atoms with Gasteiger partial charge in [-0.05, 0) is 25.0 Å². The zero-order valence-electron chi connectivity index (χ0n) is 13.9. The second-order valence-electron chi connectivity index (χ2n) is 5.19. The summed E-state index contributed by atoms with van der Waals surface area (Å²) in [5.74, 6) is 3.12. The minimum atomic E-state index is 0.273. The molecule has 0 atom stereocenters. The van der Waals surface area contributed by atoms with E-state index in [9.17, 15) is 0 Å². The number of ether oxygens (including phenoxy) is 3. The molecule has 1 aliphatic heterocycles. The van der Waals surface area contributed by atoms with Gasteiger partial charge in [-0.1, -0.05) is 6.08 Å². The van der Waals surface area contributed by atoms with Crippen LogP contribution in [0.25, 0.3) is 0 Å². The van der Waals surface area contributed by atoms with Crippen molar-refractivity contribution in [2.75, 3.05) is 40.6 Å². The van der Waals surface area contributed by atoms with Gasteiger partial charge in [-0.25, -0.2) is 0 Å². The number of aliphatic imine (C=N–C) groups is 1. The summed E-state index contributed by atoms with van der Waals surface area (Å²) in [4.78, 5) is 6.37. The molecule has 6 heteroatoms. The number of rotatable bonds is 8. The zero-order chi connectivity index (χ0) is 16.5. The Morgan fingerprint density at radius 1 is 1.43 bits per heavy atom. The molecule has 126 valence electrons. The van der Waals surface area contributed by atoms with Crippen molar-refractivity contribution >= 4 is 5.96 Å². The fraction of sp³-hybridized carbons (Fsp3) is 0.471. The molecule has 1 heterocycles. The lowest BCUT2D eigenvalue weighted by molar-refractivity contribution is 0.173. The number of nitrogens with one attached hydrogen (secondary N) is 1. The van der Waals surface area contributed by atoms with Crippen LogP contribution >= 0.6 is 0 Å². The van der Waals surface area contributed by atoms with Gasteiger partial charge in [0.1, 0.15) is 12.4 Å². The number of guanidine groups is 1. The van der Waals surface area contributed by atoms with Crippen molar-refractivity contribution in [3.8, 4) is 17.2 Å². The van der Waals surface area contributed by atoms with Gasteiger partial charge in [0.2, 0.25) is 6.79 Å². The normalized spacial score (nSPS) is 12.9. The van der Waals surface area contributed by atoms with E-state index in [1.165, 1.54) is 0 Å². The summed E-state index contributed by atoms with van der Waals surface area (Å²) in [5.41, 5.74) is 0. The third-order valence-corrected chi connectivity index (χ3v) is 3.47. The maximum Gasteiger partial charge on any atom is 0.231 e. The summed E-state index contributed by atoms with van der Waals surface area (Å²) in [6.07, 6.45) is 4.01. The van der Waals surface area contributed by atoms with Crippen LogP contribution in [-0.4, -0.2) is 51.4 Å². The van der Waals surface area contributed by atoms with E-state index in [0.717, 1.165) is 42.6 Å². The summed E-state index contributed by atoms with van der Waals surface area (Å²) in [7, 11) is 3.81. The largest absolute Gasteiger partial charge is 0.492 e. The van der Waals surface area contributed by atoms with Gasteiger partial charge in [-0.15, -0.1) is 6.58 Å². The van der Waals surface area contributed by atoms with Crippen LogP contribution < -0.4 is 19.5 Å². The Balaban J connectivity index is 1.70. The lowest BCUT2D eigenvalue weighted by Gasteiger charge is -2.21. The molecular weight excluding hydrogens is 294 g/mol. The number of benzene rings is 1. The minimum Gasteiger partial charge on any atom is -0.492 e. The number of fused-ring (bicyclic) bond motifs is 1. The van der Waals surface area contributed by atoms with Crippen molar-refractivity contribution in [2.45, 2.75) is 12.8 Å². The Hall–Kier alpha value is -2.37. The maximum atomic E-state index is 5.72. The molecule has 0 unspecified atom stereocenters. The fourth-order valence-corrected chi connectivity index (χ4v) is 2.26. The smallest absolute Gasteiger partial charge is 0.231 e. The van der Waals surface area contributed by atoms with Crippen LogP contribution in [0.3, 0.4) is 0 Å². The van der Waals surface area contributed by atoms with Crippen LogP contribution in [0.5, 0.6) is 17.2 Å². The van der Waals surface area contributed by atoms with Crippen molar-refractivity contribution in [3.63, 3.8) is 0 Å². The average Bonchev–Trinajstić information content (AvgIpc) is 3.02. The monoisotopic (exact) mass is 319 g/mol. The SMILES string of the molecule is C=CCCCN(C)C(=NC)NCCOc1ccc2c(c1)OCO2. The second kappa shape index (κ2) is 8.92. The number of allylic oxidation sites excluding steroid dienone is 1. The Labute approximate surface area is 137 Å². The Morgan fingerprint density at radius 3 is 3.04 bits per heavy atom. The van der Waals surface area contributed by atoms with Crippen LogP contribution in [0.15, 0.2) is 35.8 Å². The Kier molecular flexibility index (Phi) is 6.59. The summed E-state index contributed by atoms with van der Waals surface area (Å²) in [6, 6.07) is 5.58. The Bertz CT molecular complexity index is 546. The van der Waals surface area contributed by atoms with Crippen LogP contribution in [0.4, 0.5) is 0 Å². The van der Waals surface area contributed by atoms with E-state index in [4.69, 9.17) is 14.2 Å². The molecule has 0 fully saturated rings. The molecule has 1 aromatic carbocycles. The van der Waals surface area contributed by atoms with Crippen molar-refractivity contribution in [3.05, 3.63) is 30.9 Å². The van der Waals surface area contributed by atoms with Crippen molar-refractivity contribution in [1.29, 1.82) is 0 Å². The molecule has 0 aromatic heterocycles. The summed E-state index contributed by atoms with van der Waals surface area (Å²) >= 11 is 0. The van der Waals surface area contributed by atoms with Gasteiger partial charge in [0, 0.05) is 26.7 Å². The topological polar surface area (TPSA) is 55.3 Å². The molecular formula is C17H25N3O3. The number of hydrogen-bond acceptors (Lipinski definition) is 4. The van der Waals surface area contributed by atoms with E-state index in [1.807, 2.05) is 31.3 Å². The zero-order valence-corrected chi connectivity index (χ0v) is 13.9. The van der Waals surface area contributed by atoms with Gasteiger partial charge in [0.15, 0.2) is 17.5 Å². The second-order valence-corrected chi connectivity index (χ2v) is 5.19. The van der Waals surface area contributed by atoms with E-state index in [1.54, 1.807) is 7.05 Å². The highest BCUT2D eigenvalue weighted by molar-refractivity contribution is 5.79. The summed E-state index contributed by atoms with van der Waals surface area (Å²) in [6.45, 7) is 6.16. The quantitative estimate of drug-likeness (QED) is 0.345. The molecule has 6 nitrogen and oxygen atoms in total. The van der Waals surface area contributed by atoms with Crippen LogP contribution in [0.2, 0.25) is 0 Å². The highest BCUT2D eigenvalue weighted by Gasteiger charge is 2.13. The third kappa shape index (κ3) is 5.09. The first-order chi connectivity index (χ1) is 11.2. The number of unbranched alkanes of at least 4 members (excludes halogenated alkanes) is 1. The fourth-order valence-electron chi connectivity index (χ4n) is 2.26. The van der Waals surface area contributed by atoms with E-state index < -0.39 is 0 Å². The standard InChI is InChI=1S/C17H25N3O3/c1-4-5-6-10-20(3)17(18-2)19-9-11-21-14-7-8-15-16(12-14)23-13-22-15/h4,7-8,12H,1,5-6,9-11,13H2,2-3H3,(H,18,19). The van der Waals surface area contributed by atoms with Gasteiger partial charge < -0.3 is 24.4 Å². The van der Waals surface area contributed by atoms with Crippen LogP contribution in [0, 0.1) is 0 Å².